The molecule has 3 rings (SSSR count). The van der Waals surface area contributed by atoms with Gasteiger partial charge in [0.2, 0.25) is 5.95 Å². The number of anilines is 3. The number of carbonyl (C=O) groups excluding carboxylic acids is 1. The highest BCUT2D eigenvalue weighted by atomic mass is 16.1. The molecule has 0 bridgehead atoms. The van der Waals surface area contributed by atoms with E-state index in [4.69, 9.17) is 0 Å². The van der Waals surface area contributed by atoms with Crippen LogP contribution in [0.25, 0.3) is 0 Å². The Morgan fingerprint density at radius 1 is 0.963 bits per heavy atom. The summed E-state index contributed by atoms with van der Waals surface area (Å²) in [4.78, 5) is 22.8. The van der Waals surface area contributed by atoms with Crippen molar-refractivity contribution in [1.82, 2.24) is 9.97 Å². The Bertz CT molecular complexity index is 861. The summed E-state index contributed by atoms with van der Waals surface area (Å²) in [7, 11) is 3.95. The zero-order valence-electron chi connectivity index (χ0n) is 15.5. The lowest BCUT2D eigenvalue weighted by atomic mass is 10.1. The van der Waals surface area contributed by atoms with Crippen LogP contribution in [0.4, 0.5) is 17.3 Å². The summed E-state index contributed by atoms with van der Waals surface area (Å²) in [5, 5.41) is 6.02. The minimum atomic E-state index is -0.233. The predicted molar refractivity (Wildman–Crippen MR) is 109 cm³/mol. The number of amides is 1. The highest BCUT2D eigenvalue weighted by molar-refractivity contribution is 6.03. The topological polar surface area (TPSA) is 70.2 Å². The van der Waals surface area contributed by atoms with Crippen LogP contribution in [0.15, 0.2) is 67.0 Å². The fourth-order valence-electron chi connectivity index (χ4n) is 2.55. The van der Waals surface area contributed by atoms with Crippen molar-refractivity contribution in [1.29, 1.82) is 0 Å². The maximum atomic E-state index is 12.3. The van der Waals surface area contributed by atoms with Gasteiger partial charge in [0.1, 0.15) is 0 Å². The molecule has 0 saturated carbocycles. The summed E-state index contributed by atoms with van der Waals surface area (Å²) in [6.45, 7) is 0.730. The van der Waals surface area contributed by atoms with Crippen LogP contribution in [-0.2, 0) is 6.42 Å². The maximum Gasteiger partial charge on any atom is 0.258 e. The van der Waals surface area contributed by atoms with Crippen molar-refractivity contribution in [3.8, 4) is 0 Å². The van der Waals surface area contributed by atoms with Crippen molar-refractivity contribution in [3.05, 3.63) is 78.1 Å². The first-order chi connectivity index (χ1) is 13.1. The van der Waals surface area contributed by atoms with Gasteiger partial charge in [-0.05, 0) is 36.2 Å². The zero-order chi connectivity index (χ0) is 19.1. The fourth-order valence-corrected chi connectivity index (χ4v) is 2.55. The summed E-state index contributed by atoms with van der Waals surface area (Å²) in [6, 6.07) is 17.8. The lowest BCUT2D eigenvalue weighted by molar-refractivity contribution is 0.102. The molecule has 0 unspecified atom stereocenters. The minimum absolute atomic E-state index is 0.233. The van der Waals surface area contributed by atoms with Gasteiger partial charge in [-0.3, -0.25) is 4.79 Å². The maximum absolute atomic E-state index is 12.3. The van der Waals surface area contributed by atoms with Crippen molar-refractivity contribution in [3.63, 3.8) is 0 Å². The van der Waals surface area contributed by atoms with Crippen LogP contribution in [0.3, 0.4) is 0 Å². The first kappa shape index (κ1) is 18.4. The molecule has 0 aliphatic rings. The van der Waals surface area contributed by atoms with Gasteiger partial charge in [0.15, 0.2) is 0 Å². The van der Waals surface area contributed by atoms with E-state index in [9.17, 15) is 4.79 Å². The van der Waals surface area contributed by atoms with Crippen LogP contribution in [0.1, 0.15) is 15.9 Å². The van der Waals surface area contributed by atoms with E-state index >= 15 is 0 Å². The van der Waals surface area contributed by atoms with Crippen molar-refractivity contribution in [2.45, 2.75) is 6.42 Å². The molecular formula is C21H23N5O. The van der Waals surface area contributed by atoms with Gasteiger partial charge < -0.3 is 15.5 Å². The lowest BCUT2D eigenvalue weighted by Crippen LogP contribution is -2.14. The molecule has 1 heterocycles. The summed E-state index contributed by atoms with van der Waals surface area (Å²) < 4.78 is 0. The van der Waals surface area contributed by atoms with Crippen LogP contribution in [0.5, 0.6) is 0 Å². The minimum Gasteiger partial charge on any atom is -0.378 e. The lowest BCUT2D eigenvalue weighted by Gasteiger charge is -2.13. The average Bonchev–Trinajstić information content (AvgIpc) is 2.70. The Kier molecular flexibility index (Phi) is 5.99. The molecule has 6 nitrogen and oxygen atoms in total. The first-order valence-electron chi connectivity index (χ1n) is 8.80. The van der Waals surface area contributed by atoms with E-state index in [1.54, 1.807) is 0 Å². The summed E-state index contributed by atoms with van der Waals surface area (Å²) >= 11 is 0. The number of aromatic nitrogens is 2. The molecular weight excluding hydrogens is 338 g/mol. The average molecular weight is 361 g/mol. The van der Waals surface area contributed by atoms with Crippen LogP contribution in [-0.4, -0.2) is 36.5 Å². The fraction of sp³-hybridized carbons (Fsp3) is 0.190. The predicted octanol–water partition coefficient (Wildman–Crippen LogP) is 3.45. The van der Waals surface area contributed by atoms with Gasteiger partial charge in [-0.15, -0.1) is 0 Å². The van der Waals surface area contributed by atoms with Crippen LogP contribution < -0.4 is 15.5 Å². The zero-order valence-corrected chi connectivity index (χ0v) is 15.5. The van der Waals surface area contributed by atoms with Gasteiger partial charge in [0, 0.05) is 44.4 Å². The van der Waals surface area contributed by atoms with Crippen molar-refractivity contribution in [2.75, 3.05) is 36.2 Å². The van der Waals surface area contributed by atoms with Gasteiger partial charge >= 0.3 is 0 Å². The van der Waals surface area contributed by atoms with E-state index in [1.165, 1.54) is 18.0 Å². The molecule has 138 valence electrons. The molecule has 2 N–H and O–H groups in total. The third-order valence-corrected chi connectivity index (χ3v) is 4.10. The summed E-state index contributed by atoms with van der Waals surface area (Å²) in [5.41, 5.74) is 3.47. The molecule has 0 aliphatic carbocycles. The molecule has 3 aromatic rings. The molecule has 0 saturated heterocycles. The quantitative estimate of drug-likeness (QED) is 0.674. The van der Waals surface area contributed by atoms with Crippen LogP contribution in [0.2, 0.25) is 0 Å². The molecule has 0 fully saturated rings. The highest BCUT2D eigenvalue weighted by Gasteiger charge is 2.08. The van der Waals surface area contributed by atoms with E-state index in [1.807, 2.05) is 61.5 Å². The SMILES string of the molecule is CN(C)c1ccc(NC(=O)c2cnc(NCCc3ccccc3)nc2)cc1. The number of hydrogen-bond donors (Lipinski definition) is 2. The monoisotopic (exact) mass is 361 g/mol. The second kappa shape index (κ2) is 8.80. The second-order valence-corrected chi connectivity index (χ2v) is 6.35. The normalized spacial score (nSPS) is 10.3. The van der Waals surface area contributed by atoms with Crippen molar-refractivity contribution < 1.29 is 4.79 Å². The standard InChI is InChI=1S/C21H23N5O/c1-26(2)19-10-8-18(9-11-19)25-20(27)17-14-23-21(24-15-17)22-13-12-16-6-4-3-5-7-16/h3-11,14-15H,12-13H2,1-2H3,(H,25,27)(H,22,23,24). The smallest absolute Gasteiger partial charge is 0.258 e. The molecule has 0 atom stereocenters. The van der Waals surface area contributed by atoms with Crippen LogP contribution >= 0.6 is 0 Å². The van der Waals surface area contributed by atoms with Gasteiger partial charge in [-0.2, -0.15) is 0 Å². The van der Waals surface area contributed by atoms with Gasteiger partial charge in [-0.25, -0.2) is 9.97 Å². The third kappa shape index (κ3) is 5.28. The number of benzene rings is 2. The number of rotatable bonds is 7. The van der Waals surface area contributed by atoms with E-state index in [-0.39, 0.29) is 5.91 Å². The number of carbonyl (C=O) groups is 1. The number of hydrogen-bond acceptors (Lipinski definition) is 5. The Hall–Kier alpha value is -3.41. The van der Waals surface area contributed by atoms with Gasteiger partial charge in [0.25, 0.3) is 5.91 Å². The Morgan fingerprint density at radius 3 is 2.26 bits per heavy atom. The molecule has 27 heavy (non-hydrogen) atoms. The largest absolute Gasteiger partial charge is 0.378 e. The van der Waals surface area contributed by atoms with E-state index in [0.29, 0.717) is 11.5 Å². The van der Waals surface area contributed by atoms with Gasteiger partial charge in [-0.1, -0.05) is 30.3 Å². The van der Waals surface area contributed by atoms with Crippen LogP contribution in [0, 0.1) is 0 Å². The molecule has 6 heteroatoms. The second-order valence-electron chi connectivity index (χ2n) is 6.35. The third-order valence-electron chi connectivity index (χ3n) is 4.10. The molecule has 1 amide bonds. The Labute approximate surface area is 159 Å². The van der Waals surface area contributed by atoms with E-state index in [2.05, 4.69) is 32.7 Å². The van der Waals surface area contributed by atoms with E-state index < -0.39 is 0 Å². The molecule has 0 radical (unpaired) electrons. The summed E-state index contributed by atoms with van der Waals surface area (Å²) in [6.07, 6.45) is 3.94. The Balaban J connectivity index is 1.52. The Morgan fingerprint density at radius 2 is 1.63 bits per heavy atom. The molecule has 2 aromatic carbocycles. The number of nitrogens with one attached hydrogen (secondary N) is 2. The molecule has 0 aliphatic heterocycles. The highest BCUT2D eigenvalue weighted by Crippen LogP contribution is 2.16. The first-order valence-corrected chi connectivity index (χ1v) is 8.80. The van der Waals surface area contributed by atoms with Gasteiger partial charge in [0.05, 0.1) is 5.56 Å². The van der Waals surface area contributed by atoms with E-state index in [0.717, 1.165) is 24.3 Å². The van der Waals surface area contributed by atoms with Crippen molar-refractivity contribution >= 4 is 23.2 Å². The molecule has 0 spiro atoms. The summed E-state index contributed by atoms with van der Waals surface area (Å²) in [5.74, 6) is 0.279. The molecule has 1 aromatic heterocycles. The number of nitrogens with zero attached hydrogens (tertiary/aromatic N) is 3. The van der Waals surface area contributed by atoms with Crippen molar-refractivity contribution in [2.24, 2.45) is 0 Å².